The van der Waals surface area contributed by atoms with E-state index in [4.69, 9.17) is 21.4 Å². The van der Waals surface area contributed by atoms with Crippen molar-refractivity contribution in [3.05, 3.63) is 17.0 Å². The fourth-order valence-corrected chi connectivity index (χ4v) is 1.52. The molecule has 0 bridgehead atoms. The molecule has 0 amide bonds. The van der Waals surface area contributed by atoms with Gasteiger partial charge in [-0.25, -0.2) is 9.78 Å². The van der Waals surface area contributed by atoms with Crippen molar-refractivity contribution >= 4 is 29.4 Å². The quantitative estimate of drug-likeness (QED) is 0.621. The summed E-state index contributed by atoms with van der Waals surface area (Å²) in [6, 6.07) is 0. The number of rotatable bonds is 6. The van der Waals surface area contributed by atoms with Crippen LogP contribution < -0.4 is 4.90 Å². The Labute approximate surface area is 115 Å². The van der Waals surface area contributed by atoms with Crippen LogP contribution in [0.2, 0.25) is 5.28 Å². The first-order valence-corrected chi connectivity index (χ1v) is 5.96. The summed E-state index contributed by atoms with van der Waals surface area (Å²) < 4.78 is 4.79. The topological polar surface area (TPSA) is 92.6 Å². The first kappa shape index (κ1) is 15.2. The van der Waals surface area contributed by atoms with Crippen molar-refractivity contribution in [3.63, 3.8) is 0 Å². The molecule has 0 aliphatic carbocycles. The summed E-state index contributed by atoms with van der Waals surface area (Å²) in [4.78, 5) is 31.3. The van der Waals surface area contributed by atoms with Crippen LogP contribution in [0.25, 0.3) is 0 Å². The Kier molecular flexibility index (Phi) is 5.50. The average Bonchev–Trinajstić information content (AvgIpc) is 2.35. The second-order valence-corrected chi connectivity index (χ2v) is 4.00. The molecular formula is C11H14ClN3O4. The number of aromatic carboxylic acids is 1. The summed E-state index contributed by atoms with van der Waals surface area (Å²) >= 11 is 5.64. The van der Waals surface area contributed by atoms with Crippen molar-refractivity contribution in [2.24, 2.45) is 0 Å². The maximum absolute atomic E-state index is 11.2. The molecule has 1 N–H and O–H groups in total. The van der Waals surface area contributed by atoms with Gasteiger partial charge in [0.1, 0.15) is 11.4 Å². The molecule has 1 aromatic heterocycles. The Balaban J connectivity index is 2.80. The number of ether oxygens (including phenoxy) is 1. The predicted molar refractivity (Wildman–Crippen MR) is 68.5 cm³/mol. The van der Waals surface area contributed by atoms with Gasteiger partial charge in [-0.3, -0.25) is 4.79 Å². The number of anilines is 1. The lowest BCUT2D eigenvalue weighted by molar-refractivity contribution is -0.142. The SMILES string of the molecule is CCOC(=O)CCN(C)c1nc(Cl)ncc1C(=O)O. The van der Waals surface area contributed by atoms with E-state index in [2.05, 4.69) is 9.97 Å². The largest absolute Gasteiger partial charge is 0.477 e. The van der Waals surface area contributed by atoms with Crippen molar-refractivity contribution in [1.29, 1.82) is 0 Å². The maximum atomic E-state index is 11.2. The first-order chi connectivity index (χ1) is 8.95. The third kappa shape index (κ3) is 4.36. The van der Waals surface area contributed by atoms with Crippen LogP contribution >= 0.6 is 11.6 Å². The highest BCUT2D eigenvalue weighted by molar-refractivity contribution is 6.28. The average molecular weight is 288 g/mol. The molecule has 0 spiro atoms. The van der Waals surface area contributed by atoms with Crippen LogP contribution in [-0.4, -0.2) is 47.2 Å². The molecule has 0 unspecified atom stereocenters. The molecule has 1 rings (SSSR count). The monoisotopic (exact) mass is 287 g/mol. The van der Waals surface area contributed by atoms with Crippen LogP contribution in [0.3, 0.4) is 0 Å². The van der Waals surface area contributed by atoms with Gasteiger partial charge in [0, 0.05) is 19.8 Å². The minimum Gasteiger partial charge on any atom is -0.477 e. The zero-order chi connectivity index (χ0) is 14.4. The summed E-state index contributed by atoms with van der Waals surface area (Å²) in [6.07, 6.45) is 1.26. The number of carbonyl (C=O) groups excluding carboxylic acids is 1. The van der Waals surface area contributed by atoms with E-state index < -0.39 is 5.97 Å². The van der Waals surface area contributed by atoms with Crippen molar-refractivity contribution in [2.75, 3.05) is 25.1 Å². The number of hydrogen-bond acceptors (Lipinski definition) is 6. The van der Waals surface area contributed by atoms with Crippen molar-refractivity contribution < 1.29 is 19.4 Å². The van der Waals surface area contributed by atoms with Gasteiger partial charge in [0.15, 0.2) is 0 Å². The van der Waals surface area contributed by atoms with Gasteiger partial charge in [0.25, 0.3) is 0 Å². The van der Waals surface area contributed by atoms with Gasteiger partial charge >= 0.3 is 11.9 Å². The minimum atomic E-state index is -1.16. The predicted octanol–water partition coefficient (Wildman–Crippen LogP) is 1.22. The molecule has 1 heterocycles. The van der Waals surface area contributed by atoms with Crippen LogP contribution in [0, 0.1) is 0 Å². The second kappa shape index (κ2) is 6.89. The molecule has 0 saturated carbocycles. The summed E-state index contributed by atoms with van der Waals surface area (Å²) in [5.74, 6) is -1.35. The highest BCUT2D eigenvalue weighted by Gasteiger charge is 2.17. The van der Waals surface area contributed by atoms with Gasteiger partial charge in [-0.2, -0.15) is 4.98 Å². The van der Waals surface area contributed by atoms with E-state index in [1.165, 1.54) is 4.90 Å². The second-order valence-electron chi connectivity index (χ2n) is 3.66. The first-order valence-electron chi connectivity index (χ1n) is 5.58. The number of esters is 1. The Hall–Kier alpha value is -1.89. The number of halogens is 1. The summed E-state index contributed by atoms with van der Waals surface area (Å²) in [7, 11) is 1.62. The van der Waals surface area contributed by atoms with Crippen molar-refractivity contribution in [2.45, 2.75) is 13.3 Å². The number of carboxylic acid groups (broad SMARTS) is 1. The normalized spacial score (nSPS) is 10.1. The van der Waals surface area contributed by atoms with Crippen LogP contribution in [0.15, 0.2) is 6.20 Å². The fourth-order valence-electron chi connectivity index (χ4n) is 1.39. The molecule has 19 heavy (non-hydrogen) atoms. The minimum absolute atomic E-state index is 0.0528. The van der Waals surface area contributed by atoms with Gasteiger partial charge in [-0.15, -0.1) is 0 Å². The lowest BCUT2D eigenvalue weighted by Gasteiger charge is -2.19. The molecule has 8 heteroatoms. The van der Waals surface area contributed by atoms with Gasteiger partial charge in [-0.05, 0) is 18.5 Å². The fraction of sp³-hybridized carbons (Fsp3) is 0.455. The molecule has 0 fully saturated rings. The van der Waals surface area contributed by atoms with Crippen LogP contribution in [0.5, 0.6) is 0 Å². The number of carboxylic acids is 1. The maximum Gasteiger partial charge on any atom is 0.341 e. The molecule has 0 aromatic carbocycles. The van der Waals surface area contributed by atoms with Gasteiger partial charge in [-0.1, -0.05) is 0 Å². The number of carbonyl (C=O) groups is 2. The molecule has 0 aliphatic rings. The van der Waals surface area contributed by atoms with E-state index in [-0.39, 0.29) is 35.6 Å². The van der Waals surface area contributed by atoms with E-state index in [0.717, 1.165) is 6.20 Å². The highest BCUT2D eigenvalue weighted by Crippen LogP contribution is 2.18. The van der Waals surface area contributed by atoms with Gasteiger partial charge < -0.3 is 14.7 Å². The van der Waals surface area contributed by atoms with Crippen LogP contribution in [0.4, 0.5) is 5.82 Å². The van der Waals surface area contributed by atoms with Crippen LogP contribution in [0.1, 0.15) is 23.7 Å². The molecule has 0 aliphatic heterocycles. The van der Waals surface area contributed by atoms with Crippen LogP contribution in [-0.2, 0) is 9.53 Å². The Morgan fingerprint density at radius 2 is 2.21 bits per heavy atom. The highest BCUT2D eigenvalue weighted by atomic mass is 35.5. The molecule has 104 valence electrons. The lowest BCUT2D eigenvalue weighted by Crippen LogP contribution is -2.25. The zero-order valence-corrected chi connectivity index (χ0v) is 11.3. The molecule has 0 saturated heterocycles. The molecule has 0 radical (unpaired) electrons. The van der Waals surface area contributed by atoms with Gasteiger partial charge in [0.2, 0.25) is 5.28 Å². The Morgan fingerprint density at radius 3 is 2.79 bits per heavy atom. The smallest absolute Gasteiger partial charge is 0.341 e. The van der Waals surface area contributed by atoms with Gasteiger partial charge in [0.05, 0.1) is 13.0 Å². The van der Waals surface area contributed by atoms with E-state index in [1.807, 2.05) is 0 Å². The van der Waals surface area contributed by atoms with E-state index in [1.54, 1.807) is 14.0 Å². The third-order valence-electron chi connectivity index (χ3n) is 2.29. The number of nitrogens with zero attached hydrogens (tertiary/aromatic N) is 3. The Bertz CT molecular complexity index is 481. The Morgan fingerprint density at radius 1 is 1.53 bits per heavy atom. The molecular weight excluding hydrogens is 274 g/mol. The summed E-state index contributed by atoms with van der Waals surface area (Å²) in [6.45, 7) is 2.29. The third-order valence-corrected chi connectivity index (χ3v) is 2.47. The molecule has 7 nitrogen and oxygen atoms in total. The zero-order valence-electron chi connectivity index (χ0n) is 10.6. The van der Waals surface area contributed by atoms with E-state index in [0.29, 0.717) is 6.61 Å². The number of hydrogen-bond donors (Lipinski definition) is 1. The standard InChI is InChI=1S/C11H14ClN3O4/c1-3-19-8(16)4-5-15(2)9-7(10(17)18)6-13-11(12)14-9/h6H,3-5H2,1-2H3,(H,17,18). The lowest BCUT2D eigenvalue weighted by atomic mass is 10.3. The molecule has 1 aromatic rings. The number of aromatic nitrogens is 2. The van der Waals surface area contributed by atoms with E-state index >= 15 is 0 Å². The molecule has 0 atom stereocenters. The van der Waals surface area contributed by atoms with Crippen molar-refractivity contribution in [3.8, 4) is 0 Å². The summed E-state index contributed by atoms with van der Waals surface area (Å²) in [5, 5.41) is 8.97. The summed E-state index contributed by atoms with van der Waals surface area (Å²) in [5.41, 5.74) is -0.0734. The van der Waals surface area contributed by atoms with Crippen molar-refractivity contribution in [1.82, 2.24) is 9.97 Å². The van der Waals surface area contributed by atoms with E-state index in [9.17, 15) is 9.59 Å².